The fraction of sp³-hybridized carbons (Fsp3) is 0.308. The molecule has 100 valence electrons. The van der Waals surface area contributed by atoms with Crippen LogP contribution in [-0.2, 0) is 0 Å². The van der Waals surface area contributed by atoms with Crippen LogP contribution in [0.4, 0.5) is 11.6 Å². The fourth-order valence-corrected chi connectivity index (χ4v) is 1.57. The maximum Gasteiger partial charge on any atom is 0.322 e. The Morgan fingerprint density at radius 3 is 2.42 bits per heavy atom. The van der Waals surface area contributed by atoms with E-state index in [9.17, 15) is 0 Å². The molecule has 1 aromatic carbocycles. The summed E-state index contributed by atoms with van der Waals surface area (Å²) >= 11 is 5.84. The molecular weight excluding hydrogens is 264 g/mol. The number of aryl methyl sites for hydroxylation is 1. The zero-order chi connectivity index (χ0) is 13.8. The molecule has 0 saturated heterocycles. The van der Waals surface area contributed by atoms with Gasteiger partial charge in [0.1, 0.15) is 0 Å². The van der Waals surface area contributed by atoms with Crippen molar-refractivity contribution >= 4 is 23.2 Å². The third-order valence-electron chi connectivity index (χ3n) is 2.24. The second-order valence-electron chi connectivity index (χ2n) is 4.37. The Kier molecular flexibility index (Phi) is 4.16. The molecule has 0 aliphatic carbocycles. The second kappa shape index (κ2) is 5.84. The van der Waals surface area contributed by atoms with Crippen molar-refractivity contribution in [3.05, 3.63) is 35.1 Å². The Morgan fingerprint density at radius 1 is 1.11 bits per heavy atom. The first-order valence-electron chi connectivity index (χ1n) is 5.95. The van der Waals surface area contributed by atoms with E-state index in [1.54, 1.807) is 0 Å². The summed E-state index contributed by atoms with van der Waals surface area (Å²) in [6.07, 6.45) is -0.0225. The maximum absolute atomic E-state index is 5.84. The molecule has 6 heteroatoms. The van der Waals surface area contributed by atoms with Crippen molar-refractivity contribution in [1.29, 1.82) is 0 Å². The largest absolute Gasteiger partial charge is 0.461 e. The van der Waals surface area contributed by atoms with Crippen LogP contribution >= 0.6 is 11.6 Å². The Morgan fingerprint density at radius 2 is 1.79 bits per heavy atom. The number of nitrogens with zero attached hydrogens (tertiary/aromatic N) is 3. The van der Waals surface area contributed by atoms with Gasteiger partial charge < -0.3 is 10.1 Å². The third-order valence-corrected chi connectivity index (χ3v) is 2.41. The van der Waals surface area contributed by atoms with Crippen LogP contribution in [0.3, 0.4) is 0 Å². The highest BCUT2D eigenvalue weighted by molar-refractivity contribution is 6.28. The van der Waals surface area contributed by atoms with Crippen LogP contribution in [0.5, 0.6) is 6.01 Å². The van der Waals surface area contributed by atoms with Crippen molar-refractivity contribution in [2.75, 3.05) is 5.32 Å². The second-order valence-corrected chi connectivity index (χ2v) is 4.71. The molecule has 0 aliphatic heterocycles. The van der Waals surface area contributed by atoms with Crippen molar-refractivity contribution in [1.82, 2.24) is 15.0 Å². The van der Waals surface area contributed by atoms with Crippen molar-refractivity contribution in [3.8, 4) is 6.01 Å². The number of nitrogens with one attached hydrogen (secondary N) is 1. The first kappa shape index (κ1) is 13.5. The molecule has 0 saturated carbocycles. The van der Waals surface area contributed by atoms with E-state index in [1.165, 1.54) is 5.56 Å². The highest BCUT2D eigenvalue weighted by Crippen LogP contribution is 2.17. The van der Waals surface area contributed by atoms with E-state index in [0.29, 0.717) is 5.95 Å². The zero-order valence-electron chi connectivity index (χ0n) is 11.0. The topological polar surface area (TPSA) is 59.9 Å². The Balaban J connectivity index is 2.19. The number of hydrogen-bond donors (Lipinski definition) is 1. The monoisotopic (exact) mass is 278 g/mol. The molecule has 0 bridgehead atoms. The Labute approximate surface area is 117 Å². The molecule has 1 N–H and O–H groups in total. The van der Waals surface area contributed by atoms with E-state index in [-0.39, 0.29) is 17.4 Å². The van der Waals surface area contributed by atoms with E-state index >= 15 is 0 Å². The summed E-state index contributed by atoms with van der Waals surface area (Å²) < 4.78 is 5.41. The molecule has 2 aromatic rings. The minimum Gasteiger partial charge on any atom is -0.461 e. The third kappa shape index (κ3) is 4.06. The Hall–Kier alpha value is -1.88. The van der Waals surface area contributed by atoms with Crippen LogP contribution in [-0.4, -0.2) is 21.1 Å². The highest BCUT2D eigenvalue weighted by atomic mass is 35.5. The van der Waals surface area contributed by atoms with Gasteiger partial charge in [0.05, 0.1) is 6.10 Å². The molecule has 1 aromatic heterocycles. The number of hydrogen-bond acceptors (Lipinski definition) is 5. The fourth-order valence-electron chi connectivity index (χ4n) is 1.42. The van der Waals surface area contributed by atoms with Gasteiger partial charge in [-0.15, -0.1) is 0 Å². The van der Waals surface area contributed by atoms with Crippen molar-refractivity contribution in [3.63, 3.8) is 0 Å². The maximum atomic E-state index is 5.84. The molecule has 0 atom stereocenters. The van der Waals surface area contributed by atoms with Crippen molar-refractivity contribution < 1.29 is 4.74 Å². The first-order chi connectivity index (χ1) is 9.02. The van der Waals surface area contributed by atoms with Gasteiger partial charge in [-0.05, 0) is 44.5 Å². The molecule has 0 amide bonds. The van der Waals surface area contributed by atoms with Gasteiger partial charge in [0, 0.05) is 5.69 Å². The van der Waals surface area contributed by atoms with Crippen LogP contribution in [0.1, 0.15) is 19.4 Å². The van der Waals surface area contributed by atoms with Gasteiger partial charge >= 0.3 is 6.01 Å². The average molecular weight is 279 g/mol. The number of aromatic nitrogens is 3. The lowest BCUT2D eigenvalue weighted by atomic mass is 10.2. The van der Waals surface area contributed by atoms with Gasteiger partial charge in [0.25, 0.3) is 0 Å². The molecule has 0 aliphatic rings. The summed E-state index contributed by atoms with van der Waals surface area (Å²) in [6.45, 7) is 5.81. The summed E-state index contributed by atoms with van der Waals surface area (Å²) in [4.78, 5) is 12.1. The summed E-state index contributed by atoms with van der Waals surface area (Å²) in [5.41, 5.74) is 2.06. The SMILES string of the molecule is Cc1ccc(Nc2nc(Cl)nc(OC(C)C)n2)cc1. The van der Waals surface area contributed by atoms with Crippen LogP contribution in [0, 0.1) is 6.92 Å². The van der Waals surface area contributed by atoms with Crippen LogP contribution in [0.25, 0.3) is 0 Å². The number of halogens is 1. The molecule has 0 radical (unpaired) electrons. The van der Waals surface area contributed by atoms with Crippen LogP contribution < -0.4 is 10.1 Å². The standard InChI is InChI=1S/C13H15ClN4O/c1-8(2)19-13-17-11(14)16-12(18-13)15-10-6-4-9(3)5-7-10/h4-8H,1-3H3,(H,15,16,17,18). The van der Waals surface area contributed by atoms with Crippen LogP contribution in [0.2, 0.25) is 5.28 Å². The van der Waals surface area contributed by atoms with E-state index in [0.717, 1.165) is 5.69 Å². The predicted octanol–water partition coefficient (Wildman–Crippen LogP) is 3.36. The molecule has 1 heterocycles. The highest BCUT2D eigenvalue weighted by Gasteiger charge is 2.07. The summed E-state index contributed by atoms with van der Waals surface area (Å²) in [7, 11) is 0. The number of rotatable bonds is 4. The van der Waals surface area contributed by atoms with Gasteiger partial charge in [0.15, 0.2) is 0 Å². The van der Waals surface area contributed by atoms with Gasteiger partial charge in [-0.25, -0.2) is 0 Å². The van der Waals surface area contributed by atoms with Crippen molar-refractivity contribution in [2.24, 2.45) is 0 Å². The van der Waals surface area contributed by atoms with Gasteiger partial charge in [-0.2, -0.15) is 15.0 Å². The number of benzene rings is 1. The first-order valence-corrected chi connectivity index (χ1v) is 6.32. The van der Waals surface area contributed by atoms with Gasteiger partial charge in [0.2, 0.25) is 11.2 Å². The van der Waals surface area contributed by atoms with E-state index in [2.05, 4.69) is 20.3 Å². The zero-order valence-corrected chi connectivity index (χ0v) is 11.8. The van der Waals surface area contributed by atoms with Crippen LogP contribution in [0.15, 0.2) is 24.3 Å². The Bertz CT molecular complexity index is 557. The van der Waals surface area contributed by atoms with Crippen molar-refractivity contribution in [2.45, 2.75) is 26.9 Å². The quantitative estimate of drug-likeness (QED) is 0.929. The average Bonchev–Trinajstić information content (AvgIpc) is 2.30. The molecule has 0 fully saturated rings. The van der Waals surface area contributed by atoms with Gasteiger partial charge in [-0.1, -0.05) is 17.7 Å². The summed E-state index contributed by atoms with van der Waals surface area (Å²) in [6, 6.07) is 8.09. The smallest absolute Gasteiger partial charge is 0.322 e. The summed E-state index contributed by atoms with van der Waals surface area (Å²) in [5, 5.41) is 3.16. The predicted molar refractivity (Wildman–Crippen MR) is 75.1 cm³/mol. The lowest BCUT2D eigenvalue weighted by Gasteiger charge is -2.09. The molecule has 0 unspecified atom stereocenters. The van der Waals surface area contributed by atoms with Gasteiger partial charge in [-0.3, -0.25) is 0 Å². The molecule has 5 nitrogen and oxygen atoms in total. The van der Waals surface area contributed by atoms with E-state index < -0.39 is 0 Å². The molecule has 19 heavy (non-hydrogen) atoms. The number of ether oxygens (including phenoxy) is 1. The molecule has 0 spiro atoms. The minimum atomic E-state index is -0.0225. The van der Waals surface area contributed by atoms with E-state index in [1.807, 2.05) is 45.0 Å². The van der Waals surface area contributed by atoms with E-state index in [4.69, 9.17) is 16.3 Å². The number of anilines is 2. The molecule has 2 rings (SSSR count). The minimum absolute atomic E-state index is 0.0225. The lowest BCUT2D eigenvalue weighted by Crippen LogP contribution is -2.10. The normalized spacial score (nSPS) is 10.6. The summed E-state index contributed by atoms with van der Waals surface area (Å²) in [5.74, 6) is 0.361. The molecular formula is C13H15ClN4O. The lowest BCUT2D eigenvalue weighted by molar-refractivity contribution is 0.222.